The molecule has 0 spiro atoms. The average Bonchev–Trinajstić information content (AvgIpc) is 2.81. The minimum atomic E-state index is -0.572. The van der Waals surface area contributed by atoms with Crippen LogP contribution in [0.3, 0.4) is 0 Å². The monoisotopic (exact) mass is 329 g/mol. The lowest BCUT2D eigenvalue weighted by Crippen LogP contribution is -2.42. The average molecular weight is 330 g/mol. The lowest BCUT2D eigenvalue weighted by molar-refractivity contribution is -0.136. The summed E-state index contributed by atoms with van der Waals surface area (Å²) < 4.78 is 10.8. The fourth-order valence-electron chi connectivity index (χ4n) is 2.18. The molecule has 5 nitrogen and oxygen atoms in total. The van der Waals surface area contributed by atoms with Crippen LogP contribution < -0.4 is 0 Å². The van der Waals surface area contributed by atoms with Crippen molar-refractivity contribution in [3.63, 3.8) is 0 Å². The van der Waals surface area contributed by atoms with Crippen molar-refractivity contribution < 1.29 is 19.1 Å². The largest absolute Gasteiger partial charge is 0.466 e. The van der Waals surface area contributed by atoms with Crippen LogP contribution in [0.15, 0.2) is 22.2 Å². The molecule has 0 radical (unpaired) electrons. The molecule has 0 aromatic heterocycles. The Bertz CT molecular complexity index is 489. The standard InChI is InChI=1S/C13H16BrNO4/c1-13(2,3)19-12(17)15-7-5-6-8(15)10(14)9(7)11(16)18-4/h5-8H,1-4H3/t7-,8+/m0/s1. The van der Waals surface area contributed by atoms with Crippen LogP contribution in [0.4, 0.5) is 4.79 Å². The van der Waals surface area contributed by atoms with E-state index in [4.69, 9.17) is 9.47 Å². The van der Waals surface area contributed by atoms with E-state index in [0.29, 0.717) is 10.1 Å². The predicted octanol–water partition coefficient (Wildman–Crippen LogP) is 2.37. The summed E-state index contributed by atoms with van der Waals surface area (Å²) in [5.74, 6) is -0.433. The molecular weight excluding hydrogens is 314 g/mol. The highest BCUT2D eigenvalue weighted by molar-refractivity contribution is 9.11. The number of ether oxygens (including phenoxy) is 2. The lowest BCUT2D eigenvalue weighted by atomic mass is 10.1. The number of carbonyl (C=O) groups is 2. The van der Waals surface area contributed by atoms with E-state index < -0.39 is 23.7 Å². The second-order valence-electron chi connectivity index (χ2n) is 5.42. The van der Waals surface area contributed by atoms with Crippen LogP contribution in [-0.4, -0.2) is 41.8 Å². The van der Waals surface area contributed by atoms with Gasteiger partial charge in [0.2, 0.25) is 0 Å². The Hall–Kier alpha value is -1.30. The number of fused-ring (bicyclic) bond motifs is 2. The summed E-state index contributed by atoms with van der Waals surface area (Å²) in [5.41, 5.74) is -0.113. The van der Waals surface area contributed by atoms with Crippen LogP contribution in [-0.2, 0) is 14.3 Å². The quantitative estimate of drug-likeness (QED) is 0.547. The molecule has 2 aliphatic heterocycles. The molecule has 2 atom stereocenters. The molecule has 0 unspecified atom stereocenters. The maximum Gasteiger partial charge on any atom is 0.411 e. The molecule has 0 fully saturated rings. The molecule has 0 aliphatic carbocycles. The Kier molecular flexibility index (Phi) is 3.47. The second-order valence-corrected chi connectivity index (χ2v) is 6.27. The van der Waals surface area contributed by atoms with E-state index in [0.717, 1.165) is 0 Å². The summed E-state index contributed by atoms with van der Waals surface area (Å²) in [6.45, 7) is 5.42. The van der Waals surface area contributed by atoms with Gasteiger partial charge in [-0.2, -0.15) is 0 Å². The number of carbonyl (C=O) groups excluding carboxylic acids is 2. The van der Waals surface area contributed by atoms with Crippen LogP contribution in [0.2, 0.25) is 0 Å². The van der Waals surface area contributed by atoms with Crippen LogP contribution in [0, 0.1) is 0 Å². The summed E-state index contributed by atoms with van der Waals surface area (Å²) in [4.78, 5) is 25.5. The number of hydrogen-bond donors (Lipinski definition) is 0. The third-order valence-corrected chi connectivity index (χ3v) is 3.79. The number of esters is 1. The number of rotatable bonds is 1. The maximum absolute atomic E-state index is 12.2. The fourth-order valence-corrected chi connectivity index (χ4v) is 2.95. The Balaban J connectivity index is 2.22. The van der Waals surface area contributed by atoms with Gasteiger partial charge in [-0.1, -0.05) is 28.1 Å². The van der Waals surface area contributed by atoms with E-state index in [2.05, 4.69) is 15.9 Å². The third-order valence-electron chi connectivity index (χ3n) is 2.90. The highest BCUT2D eigenvalue weighted by Gasteiger charge is 2.48. The molecule has 0 aromatic carbocycles. The topological polar surface area (TPSA) is 55.8 Å². The SMILES string of the molecule is COC(=O)C1=C(Br)[C@H]2C=C[C@@H]1N2C(=O)OC(C)(C)C. The molecule has 2 aliphatic rings. The van der Waals surface area contributed by atoms with Gasteiger partial charge in [-0.15, -0.1) is 0 Å². The van der Waals surface area contributed by atoms with Crippen LogP contribution in [0.1, 0.15) is 20.8 Å². The van der Waals surface area contributed by atoms with Gasteiger partial charge in [0.05, 0.1) is 24.8 Å². The number of halogens is 1. The van der Waals surface area contributed by atoms with Crippen molar-refractivity contribution >= 4 is 28.0 Å². The van der Waals surface area contributed by atoms with E-state index in [1.54, 1.807) is 20.8 Å². The lowest BCUT2D eigenvalue weighted by Gasteiger charge is -2.28. The second kappa shape index (κ2) is 4.67. The molecule has 6 heteroatoms. The minimum absolute atomic E-state index is 0.283. The molecular formula is C13H16BrNO4. The van der Waals surface area contributed by atoms with E-state index in [-0.39, 0.29) is 6.04 Å². The van der Waals surface area contributed by atoms with Crippen LogP contribution >= 0.6 is 15.9 Å². The van der Waals surface area contributed by atoms with E-state index in [1.165, 1.54) is 12.0 Å². The molecule has 104 valence electrons. The number of methoxy groups -OCH3 is 1. The van der Waals surface area contributed by atoms with E-state index in [1.807, 2.05) is 12.2 Å². The minimum Gasteiger partial charge on any atom is -0.466 e. The van der Waals surface area contributed by atoms with Gasteiger partial charge in [0.25, 0.3) is 0 Å². The summed E-state index contributed by atoms with van der Waals surface area (Å²) >= 11 is 3.37. The molecule has 2 bridgehead atoms. The normalized spacial score (nSPS) is 25.0. The van der Waals surface area contributed by atoms with Gasteiger partial charge in [-0.3, -0.25) is 4.90 Å². The van der Waals surface area contributed by atoms with Crippen LogP contribution in [0.5, 0.6) is 0 Å². The zero-order valence-electron chi connectivity index (χ0n) is 11.3. The van der Waals surface area contributed by atoms with Crippen molar-refractivity contribution in [3.05, 3.63) is 22.2 Å². The first-order valence-electron chi connectivity index (χ1n) is 5.94. The Labute approximate surface area is 120 Å². The van der Waals surface area contributed by atoms with Gasteiger partial charge >= 0.3 is 12.1 Å². The molecule has 0 aromatic rings. The highest BCUT2D eigenvalue weighted by atomic mass is 79.9. The maximum atomic E-state index is 12.2. The van der Waals surface area contributed by atoms with Gasteiger partial charge in [0.1, 0.15) is 5.60 Å². The molecule has 0 saturated carbocycles. The molecule has 19 heavy (non-hydrogen) atoms. The smallest absolute Gasteiger partial charge is 0.411 e. The zero-order valence-corrected chi connectivity index (χ0v) is 12.9. The van der Waals surface area contributed by atoms with Gasteiger partial charge in [0, 0.05) is 4.48 Å². The molecule has 2 heterocycles. The van der Waals surface area contributed by atoms with Crippen molar-refractivity contribution in [1.82, 2.24) is 4.90 Å². The van der Waals surface area contributed by atoms with Crippen molar-refractivity contribution in [2.24, 2.45) is 0 Å². The predicted molar refractivity (Wildman–Crippen MR) is 72.8 cm³/mol. The Morgan fingerprint density at radius 1 is 1.26 bits per heavy atom. The molecule has 1 amide bonds. The molecule has 0 saturated heterocycles. The zero-order chi connectivity index (χ0) is 14.4. The number of amides is 1. The van der Waals surface area contributed by atoms with E-state index in [9.17, 15) is 9.59 Å². The van der Waals surface area contributed by atoms with Gasteiger partial charge < -0.3 is 9.47 Å². The first-order valence-corrected chi connectivity index (χ1v) is 6.73. The Morgan fingerprint density at radius 3 is 2.37 bits per heavy atom. The van der Waals surface area contributed by atoms with Crippen molar-refractivity contribution in [1.29, 1.82) is 0 Å². The van der Waals surface area contributed by atoms with E-state index >= 15 is 0 Å². The number of nitrogens with zero attached hydrogens (tertiary/aromatic N) is 1. The first kappa shape index (κ1) is 14.1. The van der Waals surface area contributed by atoms with Gasteiger partial charge in [-0.25, -0.2) is 9.59 Å². The fraction of sp³-hybridized carbons (Fsp3) is 0.538. The van der Waals surface area contributed by atoms with Gasteiger partial charge in [-0.05, 0) is 20.8 Å². The Morgan fingerprint density at radius 2 is 1.84 bits per heavy atom. The van der Waals surface area contributed by atoms with Crippen molar-refractivity contribution in [3.8, 4) is 0 Å². The van der Waals surface area contributed by atoms with Gasteiger partial charge in [0.15, 0.2) is 0 Å². The van der Waals surface area contributed by atoms with Crippen molar-refractivity contribution in [2.45, 2.75) is 38.5 Å². The highest BCUT2D eigenvalue weighted by Crippen LogP contribution is 2.41. The first-order chi connectivity index (χ1) is 8.76. The molecule has 2 rings (SSSR count). The van der Waals surface area contributed by atoms with Crippen LogP contribution in [0.25, 0.3) is 0 Å². The molecule has 0 N–H and O–H groups in total. The number of hydrogen-bond acceptors (Lipinski definition) is 4. The third kappa shape index (κ3) is 2.41. The summed E-state index contributed by atoms with van der Waals surface area (Å²) in [6, 6.07) is -0.698. The summed E-state index contributed by atoms with van der Waals surface area (Å²) in [7, 11) is 1.32. The van der Waals surface area contributed by atoms with Crippen molar-refractivity contribution in [2.75, 3.05) is 7.11 Å². The summed E-state index contributed by atoms with van der Waals surface area (Å²) in [5, 5.41) is 0. The summed E-state index contributed by atoms with van der Waals surface area (Å²) in [6.07, 6.45) is 3.24.